The lowest BCUT2D eigenvalue weighted by Crippen LogP contribution is -2.51. The number of nitrogens with zero attached hydrogens (tertiary/aromatic N) is 1. The number of hydrogen-bond acceptors (Lipinski definition) is 3. The van der Waals surface area contributed by atoms with Crippen molar-refractivity contribution in [2.75, 3.05) is 13.7 Å². The van der Waals surface area contributed by atoms with Gasteiger partial charge in [-0.05, 0) is 6.92 Å². The summed E-state index contributed by atoms with van der Waals surface area (Å²) in [6.07, 6.45) is -5.04. The van der Waals surface area contributed by atoms with Crippen LogP contribution in [0, 0.1) is 0 Å². The zero-order valence-corrected chi connectivity index (χ0v) is 10.6. The van der Waals surface area contributed by atoms with E-state index in [0.29, 0.717) is 0 Å². The van der Waals surface area contributed by atoms with Crippen molar-refractivity contribution in [1.29, 1.82) is 0 Å². The highest BCUT2D eigenvalue weighted by atomic mass is 19.4. The lowest BCUT2D eigenvalue weighted by molar-refractivity contribution is -0.251. The van der Waals surface area contributed by atoms with Crippen LogP contribution in [0.25, 0.3) is 0 Å². The topological polar surface area (TPSA) is 30.8 Å². The minimum Gasteiger partial charge on any atom is -0.473 e. The maximum absolute atomic E-state index is 13.6. The Morgan fingerprint density at radius 1 is 1.26 bits per heavy atom. The Morgan fingerprint density at radius 3 is 2.32 bits per heavy atom. The third-order valence-corrected chi connectivity index (χ3v) is 2.99. The largest absolute Gasteiger partial charge is 0.473 e. The Bertz CT molecular complexity index is 473. The third-order valence-electron chi connectivity index (χ3n) is 2.99. The number of rotatable bonds is 3. The van der Waals surface area contributed by atoms with E-state index in [1.165, 1.54) is 24.3 Å². The predicted octanol–water partition coefficient (Wildman–Crippen LogP) is 2.91. The van der Waals surface area contributed by atoms with Crippen LogP contribution < -0.4 is 0 Å². The second-order valence-corrected chi connectivity index (χ2v) is 4.32. The average molecular weight is 273 g/mol. The molecule has 3 nitrogen and oxygen atoms in total. The van der Waals surface area contributed by atoms with Gasteiger partial charge in [-0.15, -0.1) is 0 Å². The average Bonchev–Trinajstić information content (AvgIpc) is 2.77. The number of alkyl halides is 3. The van der Waals surface area contributed by atoms with Crippen LogP contribution >= 0.6 is 0 Å². The van der Waals surface area contributed by atoms with E-state index in [0.717, 1.165) is 7.11 Å². The zero-order chi connectivity index (χ0) is 14.1. The highest BCUT2D eigenvalue weighted by molar-refractivity contribution is 5.89. The second kappa shape index (κ2) is 4.85. The Labute approximate surface area is 109 Å². The van der Waals surface area contributed by atoms with Gasteiger partial charge in [0.25, 0.3) is 5.60 Å². The van der Waals surface area contributed by atoms with Gasteiger partial charge in [-0.25, -0.2) is 4.99 Å². The molecule has 1 aromatic carbocycles. The van der Waals surface area contributed by atoms with Crippen molar-refractivity contribution in [2.24, 2.45) is 4.99 Å². The van der Waals surface area contributed by atoms with Gasteiger partial charge in [0.05, 0.1) is 6.54 Å². The number of halogens is 3. The van der Waals surface area contributed by atoms with Crippen LogP contribution in [0.5, 0.6) is 0 Å². The standard InChI is InChI=1S/C13H14F3NO2/c1-9-8-17-11(19-9)12(18-2,13(14,15)16)10-6-4-3-5-7-10/h3-7,9H,8H2,1-2H3/t9-,12+/m0/s1. The first-order valence-corrected chi connectivity index (χ1v) is 5.81. The van der Waals surface area contributed by atoms with Crippen LogP contribution in [0.1, 0.15) is 12.5 Å². The molecule has 0 N–H and O–H groups in total. The van der Waals surface area contributed by atoms with Crippen molar-refractivity contribution >= 4 is 5.90 Å². The molecule has 6 heteroatoms. The minimum absolute atomic E-state index is 0.0437. The van der Waals surface area contributed by atoms with E-state index < -0.39 is 17.7 Å². The van der Waals surface area contributed by atoms with Gasteiger partial charge < -0.3 is 9.47 Å². The van der Waals surface area contributed by atoms with Gasteiger partial charge in [-0.3, -0.25) is 0 Å². The molecule has 1 aromatic rings. The van der Waals surface area contributed by atoms with Gasteiger partial charge in [0, 0.05) is 12.7 Å². The van der Waals surface area contributed by atoms with E-state index in [4.69, 9.17) is 9.47 Å². The second-order valence-electron chi connectivity index (χ2n) is 4.32. The molecule has 0 unspecified atom stereocenters. The number of methoxy groups -OCH3 is 1. The third kappa shape index (κ3) is 2.20. The summed E-state index contributed by atoms with van der Waals surface area (Å²) in [5, 5.41) is 0. The monoisotopic (exact) mass is 273 g/mol. The van der Waals surface area contributed by atoms with Crippen LogP contribution in [-0.4, -0.2) is 31.8 Å². The molecule has 1 heterocycles. The molecule has 1 aliphatic heterocycles. The summed E-state index contributed by atoms with van der Waals surface area (Å²) in [6, 6.07) is 7.39. The first-order valence-electron chi connectivity index (χ1n) is 5.81. The van der Waals surface area contributed by atoms with Crippen molar-refractivity contribution in [3.05, 3.63) is 35.9 Å². The summed E-state index contributed by atoms with van der Waals surface area (Å²) in [5.41, 5.74) is -2.68. The van der Waals surface area contributed by atoms with E-state index in [-0.39, 0.29) is 18.2 Å². The van der Waals surface area contributed by atoms with Gasteiger partial charge in [0.1, 0.15) is 6.10 Å². The van der Waals surface area contributed by atoms with Gasteiger partial charge in [0.2, 0.25) is 5.90 Å². The van der Waals surface area contributed by atoms with Crippen molar-refractivity contribution in [3.8, 4) is 0 Å². The fraction of sp³-hybridized carbons (Fsp3) is 0.462. The van der Waals surface area contributed by atoms with E-state index in [1.54, 1.807) is 13.0 Å². The molecule has 0 saturated heterocycles. The number of benzene rings is 1. The highest BCUT2D eigenvalue weighted by Crippen LogP contribution is 2.44. The maximum Gasteiger partial charge on any atom is 0.430 e. The quantitative estimate of drug-likeness (QED) is 0.847. The molecule has 0 radical (unpaired) electrons. The Morgan fingerprint density at radius 2 is 1.89 bits per heavy atom. The van der Waals surface area contributed by atoms with Crippen LogP contribution in [0.4, 0.5) is 13.2 Å². The van der Waals surface area contributed by atoms with Crippen molar-refractivity contribution < 1.29 is 22.6 Å². The summed E-state index contributed by atoms with van der Waals surface area (Å²) in [6.45, 7) is 1.86. The summed E-state index contributed by atoms with van der Waals surface area (Å²) < 4.78 is 50.7. The van der Waals surface area contributed by atoms with E-state index in [1.807, 2.05) is 0 Å². The fourth-order valence-electron chi connectivity index (χ4n) is 2.07. The first-order chi connectivity index (χ1) is 8.91. The molecule has 0 aliphatic carbocycles. The molecule has 0 saturated carbocycles. The molecule has 0 amide bonds. The maximum atomic E-state index is 13.6. The Balaban J connectivity index is 2.56. The fourth-order valence-corrected chi connectivity index (χ4v) is 2.07. The first kappa shape index (κ1) is 13.9. The molecule has 19 heavy (non-hydrogen) atoms. The Kier molecular flexibility index (Phi) is 3.54. The van der Waals surface area contributed by atoms with E-state index in [9.17, 15) is 13.2 Å². The van der Waals surface area contributed by atoms with E-state index in [2.05, 4.69) is 4.99 Å². The molecule has 104 valence electrons. The highest BCUT2D eigenvalue weighted by Gasteiger charge is 2.63. The molecule has 1 aliphatic rings. The summed E-state index contributed by atoms with van der Waals surface area (Å²) >= 11 is 0. The van der Waals surface area contributed by atoms with Gasteiger partial charge in [0.15, 0.2) is 0 Å². The van der Waals surface area contributed by atoms with Crippen molar-refractivity contribution in [3.63, 3.8) is 0 Å². The van der Waals surface area contributed by atoms with E-state index >= 15 is 0 Å². The molecule has 0 bridgehead atoms. The number of ether oxygens (including phenoxy) is 2. The van der Waals surface area contributed by atoms with Crippen LogP contribution in [0.3, 0.4) is 0 Å². The molecule has 2 atom stereocenters. The molecule has 0 fully saturated rings. The summed E-state index contributed by atoms with van der Waals surface area (Å²) in [4.78, 5) is 3.85. The smallest absolute Gasteiger partial charge is 0.430 e. The summed E-state index contributed by atoms with van der Waals surface area (Å²) in [7, 11) is 1.01. The lowest BCUT2D eigenvalue weighted by atomic mass is 9.92. The number of aliphatic imine (C=N–C) groups is 1. The van der Waals surface area contributed by atoms with Crippen LogP contribution in [-0.2, 0) is 15.1 Å². The number of hydrogen-bond donors (Lipinski definition) is 0. The molecular formula is C13H14F3NO2. The zero-order valence-electron chi connectivity index (χ0n) is 10.6. The van der Waals surface area contributed by atoms with Crippen LogP contribution in [0.2, 0.25) is 0 Å². The van der Waals surface area contributed by atoms with Crippen molar-refractivity contribution in [1.82, 2.24) is 0 Å². The van der Waals surface area contributed by atoms with Gasteiger partial charge >= 0.3 is 6.18 Å². The normalized spacial score (nSPS) is 22.6. The predicted molar refractivity (Wildman–Crippen MR) is 64.0 cm³/mol. The van der Waals surface area contributed by atoms with Crippen molar-refractivity contribution in [2.45, 2.75) is 24.8 Å². The molecule has 0 aromatic heterocycles. The molecular weight excluding hydrogens is 259 g/mol. The molecule has 2 rings (SSSR count). The van der Waals surface area contributed by atoms with Gasteiger partial charge in [-0.2, -0.15) is 13.2 Å². The summed E-state index contributed by atoms with van der Waals surface area (Å²) in [5.74, 6) is -0.429. The molecule has 0 spiro atoms. The minimum atomic E-state index is -4.66. The lowest BCUT2D eigenvalue weighted by Gasteiger charge is -2.34. The SMILES string of the molecule is CO[C@@](C1=NC[C@H](C)O1)(c1ccccc1)C(F)(F)F. The Hall–Kier alpha value is -1.56. The van der Waals surface area contributed by atoms with Crippen LogP contribution in [0.15, 0.2) is 35.3 Å². The van der Waals surface area contributed by atoms with Gasteiger partial charge in [-0.1, -0.05) is 30.3 Å².